The molecule has 1 amide bonds. The Morgan fingerprint density at radius 1 is 1.53 bits per heavy atom. The lowest BCUT2D eigenvalue weighted by molar-refractivity contribution is -0.128. The summed E-state index contributed by atoms with van der Waals surface area (Å²) in [5.41, 5.74) is 0. The second kappa shape index (κ2) is 6.21. The average molecular weight is 262 g/mol. The summed E-state index contributed by atoms with van der Waals surface area (Å²) in [5, 5.41) is 2.73. The molecule has 19 heavy (non-hydrogen) atoms. The molecule has 0 aromatic carbocycles. The van der Waals surface area contributed by atoms with Crippen molar-refractivity contribution in [3.05, 3.63) is 0 Å². The van der Waals surface area contributed by atoms with Crippen molar-refractivity contribution >= 4 is 11.7 Å². The number of terminal acetylenes is 1. The predicted molar refractivity (Wildman–Crippen MR) is 73.4 cm³/mol. The largest absolute Gasteiger partial charge is 0.344 e. The van der Waals surface area contributed by atoms with Crippen molar-refractivity contribution < 1.29 is 9.59 Å². The second-order valence-corrected chi connectivity index (χ2v) is 5.51. The molecule has 1 aliphatic carbocycles. The molecule has 1 aliphatic heterocycles. The highest BCUT2D eigenvalue weighted by Crippen LogP contribution is 2.34. The Labute approximate surface area is 114 Å². The number of rotatable bonds is 4. The summed E-state index contributed by atoms with van der Waals surface area (Å²) in [6.07, 6.45) is 9.96. The minimum Gasteiger partial charge on any atom is -0.344 e. The van der Waals surface area contributed by atoms with Crippen LogP contribution in [0.25, 0.3) is 0 Å². The lowest BCUT2D eigenvalue weighted by Gasteiger charge is -2.32. The van der Waals surface area contributed by atoms with Crippen LogP contribution in [-0.2, 0) is 9.59 Å². The van der Waals surface area contributed by atoms with E-state index in [2.05, 4.69) is 16.1 Å². The molecular formula is C15H22N2O2. The van der Waals surface area contributed by atoms with Gasteiger partial charge in [-0.25, -0.2) is 0 Å². The fourth-order valence-corrected chi connectivity index (χ4v) is 3.41. The molecule has 1 heterocycles. The zero-order chi connectivity index (χ0) is 13.8. The molecule has 3 unspecified atom stereocenters. The number of likely N-dealkylation sites (tertiary alicyclic amines) is 1. The van der Waals surface area contributed by atoms with E-state index >= 15 is 0 Å². The van der Waals surface area contributed by atoms with E-state index in [0.717, 1.165) is 32.2 Å². The van der Waals surface area contributed by atoms with Gasteiger partial charge in [-0.2, -0.15) is 0 Å². The van der Waals surface area contributed by atoms with E-state index in [9.17, 15) is 9.59 Å². The maximum absolute atomic E-state index is 12.0. The molecule has 3 atom stereocenters. The fraction of sp³-hybridized carbons (Fsp3) is 0.733. The maximum atomic E-state index is 12.0. The number of amides is 1. The number of Topliss-reactive ketones (excluding diaryl/α,β-unsaturated/α-hetero) is 1. The van der Waals surface area contributed by atoms with Crippen molar-refractivity contribution in [3.8, 4) is 12.3 Å². The van der Waals surface area contributed by atoms with E-state index in [1.165, 1.54) is 0 Å². The van der Waals surface area contributed by atoms with Crippen LogP contribution in [0.5, 0.6) is 0 Å². The van der Waals surface area contributed by atoms with Gasteiger partial charge in [-0.15, -0.1) is 6.42 Å². The summed E-state index contributed by atoms with van der Waals surface area (Å²) < 4.78 is 0. The highest BCUT2D eigenvalue weighted by molar-refractivity contribution is 5.84. The lowest BCUT2D eigenvalue weighted by atomic mass is 9.94. The smallest absolute Gasteiger partial charge is 0.237 e. The van der Waals surface area contributed by atoms with Gasteiger partial charge in [0.1, 0.15) is 5.78 Å². The van der Waals surface area contributed by atoms with Gasteiger partial charge in [0.05, 0.1) is 12.6 Å². The molecule has 0 aromatic rings. The van der Waals surface area contributed by atoms with Crippen molar-refractivity contribution in [2.45, 2.75) is 51.1 Å². The lowest BCUT2D eigenvalue weighted by Crippen LogP contribution is -2.49. The molecule has 4 nitrogen and oxygen atoms in total. The SMILES string of the molecule is C#CCNC(=O)C(C)N1CCCC1C1CCCC1=O. The first kappa shape index (κ1) is 14.1. The Bertz CT molecular complexity index is 399. The summed E-state index contributed by atoms with van der Waals surface area (Å²) in [5.74, 6) is 2.91. The Hall–Kier alpha value is -1.34. The summed E-state index contributed by atoms with van der Waals surface area (Å²) in [6, 6.07) is 0.0517. The average Bonchev–Trinajstić information content (AvgIpc) is 3.02. The summed E-state index contributed by atoms with van der Waals surface area (Å²) in [6.45, 7) is 3.08. The summed E-state index contributed by atoms with van der Waals surface area (Å²) >= 11 is 0. The number of nitrogens with one attached hydrogen (secondary N) is 1. The van der Waals surface area contributed by atoms with E-state index < -0.39 is 0 Å². The number of ketones is 1. The van der Waals surface area contributed by atoms with Crippen molar-refractivity contribution in [1.29, 1.82) is 0 Å². The zero-order valence-corrected chi connectivity index (χ0v) is 11.5. The molecule has 2 aliphatic rings. The molecule has 0 aromatic heterocycles. The fourth-order valence-electron chi connectivity index (χ4n) is 3.41. The zero-order valence-electron chi connectivity index (χ0n) is 11.5. The number of nitrogens with zero attached hydrogens (tertiary/aromatic N) is 1. The third kappa shape index (κ3) is 2.98. The third-order valence-corrected chi connectivity index (χ3v) is 4.40. The van der Waals surface area contributed by atoms with Gasteiger partial charge in [0.25, 0.3) is 0 Å². The molecule has 1 saturated heterocycles. The predicted octanol–water partition coefficient (Wildman–Crippen LogP) is 0.958. The second-order valence-electron chi connectivity index (χ2n) is 5.51. The van der Waals surface area contributed by atoms with Crippen LogP contribution < -0.4 is 5.32 Å². The first-order valence-electron chi connectivity index (χ1n) is 7.14. The minimum atomic E-state index is -0.200. The van der Waals surface area contributed by atoms with Crippen LogP contribution in [0, 0.1) is 18.3 Å². The molecule has 104 valence electrons. The molecule has 2 fully saturated rings. The topological polar surface area (TPSA) is 49.4 Å². The van der Waals surface area contributed by atoms with Gasteiger partial charge in [-0.1, -0.05) is 5.92 Å². The Kier molecular flexibility index (Phi) is 4.60. The van der Waals surface area contributed by atoms with Crippen molar-refractivity contribution in [2.75, 3.05) is 13.1 Å². The first-order chi connectivity index (χ1) is 9.15. The molecular weight excluding hydrogens is 240 g/mol. The highest BCUT2D eigenvalue weighted by Gasteiger charge is 2.40. The quantitative estimate of drug-likeness (QED) is 0.768. The van der Waals surface area contributed by atoms with Gasteiger partial charge >= 0.3 is 0 Å². The van der Waals surface area contributed by atoms with Crippen LogP contribution in [0.4, 0.5) is 0 Å². The maximum Gasteiger partial charge on any atom is 0.237 e. The van der Waals surface area contributed by atoms with Gasteiger partial charge in [-0.05, 0) is 39.2 Å². The molecule has 0 bridgehead atoms. The van der Waals surface area contributed by atoms with E-state index in [1.54, 1.807) is 0 Å². The van der Waals surface area contributed by atoms with Gasteiger partial charge in [0, 0.05) is 18.4 Å². The molecule has 4 heteroatoms. The van der Waals surface area contributed by atoms with E-state index in [0.29, 0.717) is 12.2 Å². The minimum absolute atomic E-state index is 0.0321. The van der Waals surface area contributed by atoms with Crippen LogP contribution >= 0.6 is 0 Å². The molecule has 0 spiro atoms. The van der Waals surface area contributed by atoms with Crippen LogP contribution in [-0.4, -0.2) is 41.8 Å². The highest BCUT2D eigenvalue weighted by atomic mass is 16.2. The molecule has 1 saturated carbocycles. The molecule has 2 rings (SSSR count). The van der Waals surface area contributed by atoms with E-state index in [4.69, 9.17) is 6.42 Å². The van der Waals surface area contributed by atoms with Crippen LogP contribution in [0.15, 0.2) is 0 Å². The number of carbonyl (C=O) groups is 2. The Morgan fingerprint density at radius 2 is 2.32 bits per heavy atom. The molecule has 1 N–H and O–H groups in total. The van der Waals surface area contributed by atoms with E-state index in [1.807, 2.05) is 6.92 Å². The van der Waals surface area contributed by atoms with Gasteiger partial charge in [0.2, 0.25) is 5.91 Å². The van der Waals surface area contributed by atoms with Crippen molar-refractivity contribution in [2.24, 2.45) is 5.92 Å². The van der Waals surface area contributed by atoms with Gasteiger partial charge in [0.15, 0.2) is 0 Å². The number of hydrogen-bond acceptors (Lipinski definition) is 3. The number of carbonyl (C=O) groups excluding carboxylic acids is 2. The van der Waals surface area contributed by atoms with Crippen LogP contribution in [0.2, 0.25) is 0 Å². The van der Waals surface area contributed by atoms with Crippen LogP contribution in [0.3, 0.4) is 0 Å². The standard InChI is InChI=1S/C15H22N2O2/c1-3-9-16-15(19)11(2)17-10-5-7-13(17)12-6-4-8-14(12)18/h1,11-13H,4-10H2,2H3,(H,16,19). The monoisotopic (exact) mass is 262 g/mol. The molecule has 0 radical (unpaired) electrons. The van der Waals surface area contributed by atoms with Crippen LogP contribution in [0.1, 0.15) is 39.0 Å². The van der Waals surface area contributed by atoms with Gasteiger partial charge in [-0.3, -0.25) is 14.5 Å². The Morgan fingerprint density at radius 3 is 2.95 bits per heavy atom. The number of hydrogen-bond donors (Lipinski definition) is 1. The first-order valence-corrected chi connectivity index (χ1v) is 7.14. The van der Waals surface area contributed by atoms with Crippen molar-refractivity contribution in [1.82, 2.24) is 10.2 Å². The van der Waals surface area contributed by atoms with E-state index in [-0.39, 0.29) is 30.5 Å². The normalized spacial score (nSPS) is 29.2. The Balaban J connectivity index is 2.00. The summed E-state index contributed by atoms with van der Waals surface area (Å²) in [4.78, 5) is 26.1. The van der Waals surface area contributed by atoms with Gasteiger partial charge < -0.3 is 5.32 Å². The van der Waals surface area contributed by atoms with Crippen molar-refractivity contribution in [3.63, 3.8) is 0 Å². The third-order valence-electron chi connectivity index (χ3n) is 4.40. The summed E-state index contributed by atoms with van der Waals surface area (Å²) in [7, 11) is 0.